The van der Waals surface area contributed by atoms with Crippen molar-refractivity contribution in [3.63, 3.8) is 0 Å². The van der Waals surface area contributed by atoms with Crippen LogP contribution in [0.4, 0.5) is 16.2 Å². The number of aryl methyl sites for hydroxylation is 1. The normalized spacial score (nSPS) is 14.1. The van der Waals surface area contributed by atoms with Gasteiger partial charge in [-0.2, -0.15) is 0 Å². The van der Waals surface area contributed by atoms with E-state index in [-0.39, 0.29) is 30.2 Å². The molecule has 4 amide bonds. The van der Waals surface area contributed by atoms with E-state index in [4.69, 9.17) is 4.74 Å². The van der Waals surface area contributed by atoms with Crippen LogP contribution in [0.1, 0.15) is 24.5 Å². The number of allylic oxidation sites excluding steroid dienone is 3. The summed E-state index contributed by atoms with van der Waals surface area (Å²) in [5, 5.41) is 8.57. The number of Topliss-reactive ketones (excluding diaryl/α,β-unsaturated/α-hetero) is 1. The molecule has 0 heterocycles. The Hall–Kier alpha value is -5.18. The van der Waals surface area contributed by atoms with Gasteiger partial charge in [0.1, 0.15) is 12.3 Å². The predicted molar refractivity (Wildman–Crippen MR) is 167 cm³/mol. The van der Waals surface area contributed by atoms with Crippen molar-refractivity contribution in [1.82, 2.24) is 10.2 Å². The Kier molecular flexibility index (Phi) is 10.5. The van der Waals surface area contributed by atoms with E-state index in [0.717, 1.165) is 11.1 Å². The maximum Gasteiger partial charge on any atom is 0.326 e. The first-order chi connectivity index (χ1) is 20.7. The minimum atomic E-state index is -0.634. The van der Waals surface area contributed by atoms with Gasteiger partial charge in [-0.3, -0.25) is 19.3 Å². The van der Waals surface area contributed by atoms with Crippen LogP contribution in [-0.4, -0.2) is 48.7 Å². The van der Waals surface area contributed by atoms with Crippen molar-refractivity contribution in [2.75, 3.05) is 30.8 Å². The molecule has 0 aliphatic heterocycles. The number of urea groups is 1. The second-order valence-corrected chi connectivity index (χ2v) is 10.3. The minimum Gasteiger partial charge on any atom is -0.497 e. The van der Waals surface area contributed by atoms with E-state index in [1.165, 1.54) is 11.8 Å². The summed E-state index contributed by atoms with van der Waals surface area (Å²) in [5.74, 6) is -0.984. The Balaban J connectivity index is 1.55. The van der Waals surface area contributed by atoms with E-state index in [0.29, 0.717) is 35.8 Å². The molecule has 0 bridgehead atoms. The third kappa shape index (κ3) is 8.65. The number of ketones is 1. The molecule has 3 aromatic rings. The summed E-state index contributed by atoms with van der Waals surface area (Å²) in [5.41, 5.74) is 3.75. The van der Waals surface area contributed by atoms with E-state index in [1.54, 1.807) is 55.7 Å². The van der Waals surface area contributed by atoms with Crippen molar-refractivity contribution >= 4 is 35.0 Å². The topological polar surface area (TPSA) is 117 Å². The molecule has 1 unspecified atom stereocenters. The first-order valence-corrected chi connectivity index (χ1v) is 14.1. The number of anilines is 2. The highest BCUT2D eigenvalue weighted by atomic mass is 16.5. The fraction of sp³-hybridized carbons (Fsp3) is 0.235. The number of ether oxygens (including phenoxy) is 1. The molecule has 1 atom stereocenters. The largest absolute Gasteiger partial charge is 0.497 e. The van der Waals surface area contributed by atoms with Crippen molar-refractivity contribution < 1.29 is 23.9 Å². The van der Waals surface area contributed by atoms with Gasteiger partial charge in [-0.15, -0.1) is 0 Å². The molecule has 0 aromatic heterocycles. The summed E-state index contributed by atoms with van der Waals surface area (Å²) in [6.45, 7) is 3.40. The molecule has 0 spiro atoms. The number of methoxy groups -OCH3 is 1. The SMILES string of the molecule is COc1ccc(NC(=O)N(CC(=O)Nc2ccc(C)cc2)C2=C(C(C)=O)C=CC(C(=O)NCCc3ccccc3)C2)cc1. The second kappa shape index (κ2) is 14.6. The number of hydrogen-bond donors (Lipinski definition) is 3. The molecule has 0 saturated heterocycles. The smallest absolute Gasteiger partial charge is 0.326 e. The van der Waals surface area contributed by atoms with Gasteiger partial charge in [-0.05, 0) is 62.2 Å². The van der Waals surface area contributed by atoms with Crippen molar-refractivity contribution in [1.29, 1.82) is 0 Å². The Bertz CT molecular complexity index is 1510. The fourth-order valence-corrected chi connectivity index (χ4v) is 4.69. The van der Waals surface area contributed by atoms with Crippen molar-refractivity contribution in [2.45, 2.75) is 26.7 Å². The summed E-state index contributed by atoms with van der Waals surface area (Å²) in [4.78, 5) is 54.0. The highest BCUT2D eigenvalue weighted by Crippen LogP contribution is 2.29. The lowest BCUT2D eigenvalue weighted by Gasteiger charge is -2.30. The van der Waals surface area contributed by atoms with Gasteiger partial charge in [0.05, 0.1) is 13.0 Å². The van der Waals surface area contributed by atoms with Gasteiger partial charge in [-0.1, -0.05) is 60.2 Å². The van der Waals surface area contributed by atoms with Gasteiger partial charge in [0.25, 0.3) is 0 Å². The van der Waals surface area contributed by atoms with Crippen molar-refractivity contribution in [2.24, 2.45) is 5.92 Å². The molecule has 9 nitrogen and oxygen atoms in total. The summed E-state index contributed by atoms with van der Waals surface area (Å²) >= 11 is 0. The van der Waals surface area contributed by atoms with Crippen LogP contribution < -0.4 is 20.7 Å². The number of amides is 4. The Morgan fingerprint density at radius 2 is 1.53 bits per heavy atom. The van der Waals surface area contributed by atoms with E-state index < -0.39 is 17.9 Å². The minimum absolute atomic E-state index is 0.0659. The molecule has 9 heteroatoms. The maximum atomic E-state index is 13.7. The lowest BCUT2D eigenvalue weighted by Crippen LogP contribution is -2.43. The zero-order valence-electron chi connectivity index (χ0n) is 24.6. The first kappa shape index (κ1) is 30.8. The summed E-state index contributed by atoms with van der Waals surface area (Å²) < 4.78 is 5.19. The van der Waals surface area contributed by atoms with E-state index in [9.17, 15) is 19.2 Å². The van der Waals surface area contributed by atoms with Gasteiger partial charge in [0.2, 0.25) is 11.8 Å². The van der Waals surface area contributed by atoms with E-state index in [2.05, 4.69) is 16.0 Å². The Morgan fingerprint density at radius 1 is 0.884 bits per heavy atom. The van der Waals surface area contributed by atoms with Crippen LogP contribution in [-0.2, 0) is 20.8 Å². The average molecular weight is 581 g/mol. The van der Waals surface area contributed by atoms with Gasteiger partial charge < -0.3 is 20.7 Å². The first-order valence-electron chi connectivity index (χ1n) is 14.1. The molecule has 222 valence electrons. The molecule has 3 aromatic carbocycles. The zero-order valence-corrected chi connectivity index (χ0v) is 24.6. The molecule has 1 aliphatic carbocycles. The summed E-state index contributed by atoms with van der Waals surface area (Å²) in [6.07, 6.45) is 3.97. The number of rotatable bonds is 11. The maximum absolute atomic E-state index is 13.7. The lowest BCUT2D eigenvalue weighted by atomic mass is 9.90. The third-order valence-corrected chi connectivity index (χ3v) is 7.04. The second-order valence-electron chi connectivity index (χ2n) is 10.3. The third-order valence-electron chi connectivity index (χ3n) is 7.04. The fourth-order valence-electron chi connectivity index (χ4n) is 4.69. The molecule has 0 radical (unpaired) electrons. The molecule has 43 heavy (non-hydrogen) atoms. The van der Waals surface area contributed by atoms with E-state index in [1.807, 2.05) is 49.4 Å². The van der Waals surface area contributed by atoms with Gasteiger partial charge in [0, 0.05) is 35.6 Å². The van der Waals surface area contributed by atoms with Gasteiger partial charge in [0.15, 0.2) is 5.78 Å². The molecule has 0 saturated carbocycles. The quantitative estimate of drug-likeness (QED) is 0.286. The highest BCUT2D eigenvalue weighted by molar-refractivity contribution is 6.01. The Morgan fingerprint density at radius 3 is 2.19 bits per heavy atom. The van der Waals surface area contributed by atoms with Crippen LogP contribution in [0.25, 0.3) is 0 Å². The number of hydrogen-bond acceptors (Lipinski definition) is 5. The van der Waals surface area contributed by atoms with E-state index >= 15 is 0 Å². The van der Waals surface area contributed by atoms with Crippen LogP contribution in [0, 0.1) is 12.8 Å². The van der Waals surface area contributed by atoms with Crippen molar-refractivity contribution in [3.8, 4) is 5.75 Å². The highest BCUT2D eigenvalue weighted by Gasteiger charge is 2.31. The monoisotopic (exact) mass is 580 g/mol. The molecule has 3 N–H and O–H groups in total. The molecular formula is C34H36N4O5. The molecule has 0 fully saturated rings. The molecule has 1 aliphatic rings. The standard InChI is InChI=1S/C34H36N4O5/c1-23-9-12-27(13-10-23)36-32(40)22-38(34(42)37-28-14-16-29(43-3)17-15-28)31-21-26(11-18-30(31)24(2)39)33(41)35-20-19-25-7-5-4-6-8-25/h4-18,26H,19-22H2,1-3H3,(H,35,41)(H,36,40)(H,37,42). The molecule has 4 rings (SSSR count). The van der Waals surface area contributed by atoms with Crippen LogP contribution in [0.3, 0.4) is 0 Å². The number of carbonyl (C=O) groups is 4. The zero-order chi connectivity index (χ0) is 30.8. The summed E-state index contributed by atoms with van der Waals surface area (Å²) in [6, 6.07) is 23.2. The molecular weight excluding hydrogens is 544 g/mol. The van der Waals surface area contributed by atoms with Crippen molar-refractivity contribution in [3.05, 3.63) is 113 Å². The van der Waals surface area contributed by atoms with Crippen LogP contribution in [0.5, 0.6) is 5.75 Å². The van der Waals surface area contributed by atoms with Crippen LogP contribution in [0.15, 0.2) is 102 Å². The predicted octanol–water partition coefficient (Wildman–Crippen LogP) is 5.25. The number of carbonyl (C=O) groups excluding carboxylic acids is 4. The number of benzene rings is 3. The Labute approximate surface area is 251 Å². The lowest BCUT2D eigenvalue weighted by molar-refractivity contribution is -0.123. The number of nitrogens with one attached hydrogen (secondary N) is 3. The van der Waals surface area contributed by atoms with Gasteiger partial charge in [-0.25, -0.2) is 4.79 Å². The average Bonchev–Trinajstić information content (AvgIpc) is 3.01. The van der Waals surface area contributed by atoms with Crippen LogP contribution in [0.2, 0.25) is 0 Å². The number of nitrogens with zero attached hydrogens (tertiary/aromatic N) is 1. The van der Waals surface area contributed by atoms with Crippen LogP contribution >= 0.6 is 0 Å². The summed E-state index contributed by atoms with van der Waals surface area (Å²) in [7, 11) is 1.54. The van der Waals surface area contributed by atoms with Gasteiger partial charge >= 0.3 is 6.03 Å².